The average molecular weight is 781 g/mol. The molecule has 5 nitrogen and oxygen atoms in total. The second kappa shape index (κ2) is 12.7. The molecule has 0 saturated carbocycles. The summed E-state index contributed by atoms with van der Waals surface area (Å²) in [5.41, 5.74) is 17.1. The maximum atomic E-state index is 6.91. The zero-order chi connectivity index (χ0) is 40.2. The molecule has 13 rings (SSSR count). The first-order valence-corrected chi connectivity index (χ1v) is 20.8. The van der Waals surface area contributed by atoms with Crippen LogP contribution in [-0.2, 0) is 12.5 Å². The van der Waals surface area contributed by atoms with Gasteiger partial charge in [-0.05, 0) is 110 Å². The van der Waals surface area contributed by atoms with E-state index in [9.17, 15) is 0 Å². The lowest BCUT2D eigenvalue weighted by molar-refractivity contribution is -0.649. The number of imidazole rings is 1. The maximum absolute atomic E-state index is 6.91. The Morgan fingerprint density at radius 1 is 0.508 bits per heavy atom. The summed E-state index contributed by atoms with van der Waals surface area (Å²) in [4.78, 5) is 4.75. The third-order valence-corrected chi connectivity index (χ3v) is 13.0. The first-order chi connectivity index (χ1) is 30.1. The fourth-order valence-electron chi connectivity index (χ4n) is 10.4. The van der Waals surface area contributed by atoms with Crippen LogP contribution in [0.25, 0.3) is 77.7 Å². The number of aryl methyl sites for hydroxylation is 1. The molecule has 5 heteroatoms. The number of hydrogen-bond acceptors (Lipinski definition) is 2. The molecule has 3 aromatic heterocycles. The van der Waals surface area contributed by atoms with Gasteiger partial charge in [-0.2, -0.15) is 0 Å². The Morgan fingerprint density at radius 3 is 1.89 bits per heavy atom. The van der Waals surface area contributed by atoms with E-state index in [4.69, 9.17) is 9.72 Å². The smallest absolute Gasteiger partial charge is 0.244 e. The molecule has 0 bridgehead atoms. The van der Waals surface area contributed by atoms with Gasteiger partial charge in [-0.1, -0.05) is 133 Å². The van der Waals surface area contributed by atoms with Gasteiger partial charge in [-0.3, -0.25) is 4.57 Å². The topological polar surface area (TPSA) is 35.9 Å². The maximum Gasteiger partial charge on any atom is 0.244 e. The summed E-state index contributed by atoms with van der Waals surface area (Å²) < 4.78 is 13.5. The molecule has 4 heterocycles. The fourth-order valence-corrected chi connectivity index (χ4v) is 10.4. The molecule has 0 radical (unpaired) electrons. The summed E-state index contributed by atoms with van der Waals surface area (Å²) >= 11 is 0. The monoisotopic (exact) mass is 780 g/mol. The molecule has 11 aromatic rings. The van der Waals surface area contributed by atoms with Gasteiger partial charge >= 0.3 is 0 Å². The number of pyridine rings is 1. The van der Waals surface area contributed by atoms with Crippen LogP contribution in [-0.4, -0.2) is 14.1 Å². The molecule has 1 aliphatic heterocycles. The van der Waals surface area contributed by atoms with Crippen molar-refractivity contribution in [2.24, 2.45) is 7.05 Å². The van der Waals surface area contributed by atoms with Crippen molar-refractivity contribution in [3.8, 4) is 56.4 Å². The molecule has 286 valence electrons. The van der Waals surface area contributed by atoms with E-state index in [0.717, 1.165) is 50.5 Å². The van der Waals surface area contributed by atoms with E-state index in [1.165, 1.54) is 61.0 Å². The molecule has 2 aliphatic rings. The van der Waals surface area contributed by atoms with Crippen molar-refractivity contribution in [3.05, 3.63) is 229 Å². The standard InChI is InChI=1S/C56H36N4O/c1-58-35-59-53-34-41(61-40-24-28-45-44-17-8-9-19-50(44)60(52(45)33-40)54-21-10-11-30-57-54)25-29-46(53)56(47-18-12-20-51(58)55(47)59)48-31-38(36-13-4-2-5-14-36)22-26-42(48)43-27-23-39(32-49(43)56)37-15-6-3-7-16-37/h2-34H,1H3. The van der Waals surface area contributed by atoms with Crippen molar-refractivity contribution in [3.63, 3.8) is 0 Å². The highest BCUT2D eigenvalue weighted by Crippen LogP contribution is 2.61. The minimum Gasteiger partial charge on any atom is -0.458 e. The van der Waals surface area contributed by atoms with Crippen LogP contribution in [0.5, 0.6) is 11.5 Å². The predicted octanol–water partition coefficient (Wildman–Crippen LogP) is 12.6. The molecular weight excluding hydrogens is 745 g/mol. The Balaban J connectivity index is 1.05. The first kappa shape index (κ1) is 33.9. The van der Waals surface area contributed by atoms with E-state index in [-0.39, 0.29) is 0 Å². The van der Waals surface area contributed by atoms with Gasteiger partial charge in [0.2, 0.25) is 6.33 Å². The zero-order valence-electron chi connectivity index (χ0n) is 33.2. The average Bonchev–Trinajstić information content (AvgIpc) is 3.94. The van der Waals surface area contributed by atoms with Crippen molar-refractivity contribution >= 4 is 32.8 Å². The van der Waals surface area contributed by atoms with Crippen LogP contribution in [0, 0.1) is 6.33 Å². The van der Waals surface area contributed by atoms with Crippen LogP contribution >= 0.6 is 0 Å². The van der Waals surface area contributed by atoms with E-state index in [1.54, 1.807) is 0 Å². The Labute approximate surface area is 352 Å². The molecule has 0 atom stereocenters. The van der Waals surface area contributed by atoms with Crippen LogP contribution < -0.4 is 9.30 Å². The number of rotatable bonds is 5. The minimum absolute atomic E-state index is 0.634. The molecule has 1 spiro atoms. The second-order valence-corrected chi connectivity index (χ2v) is 16.2. The summed E-state index contributed by atoms with van der Waals surface area (Å²) in [5, 5.41) is 2.33. The summed E-state index contributed by atoms with van der Waals surface area (Å²) in [6.45, 7) is 0. The third-order valence-electron chi connectivity index (χ3n) is 13.0. The van der Waals surface area contributed by atoms with Gasteiger partial charge in [-0.15, -0.1) is 0 Å². The van der Waals surface area contributed by atoms with Crippen molar-refractivity contribution in [2.45, 2.75) is 5.41 Å². The van der Waals surface area contributed by atoms with Gasteiger partial charge in [0.15, 0.2) is 0 Å². The molecule has 0 N–H and O–H groups in total. The Hall–Kier alpha value is -8.02. The Morgan fingerprint density at radius 2 is 1.16 bits per heavy atom. The van der Waals surface area contributed by atoms with Crippen LogP contribution in [0.4, 0.5) is 0 Å². The molecule has 0 saturated heterocycles. The first-order valence-electron chi connectivity index (χ1n) is 20.8. The highest BCUT2D eigenvalue weighted by Gasteiger charge is 2.50. The van der Waals surface area contributed by atoms with Gasteiger partial charge in [0.25, 0.3) is 0 Å². The highest BCUT2D eigenvalue weighted by molar-refractivity contribution is 6.09. The molecule has 0 amide bonds. The quantitative estimate of drug-likeness (QED) is 0.129. The van der Waals surface area contributed by atoms with Gasteiger partial charge in [0.1, 0.15) is 17.3 Å². The normalized spacial score (nSPS) is 13.1. The van der Waals surface area contributed by atoms with Gasteiger partial charge in [-0.25, -0.2) is 4.98 Å². The summed E-state index contributed by atoms with van der Waals surface area (Å²) in [5.74, 6) is 2.37. The van der Waals surface area contributed by atoms with E-state index in [1.807, 2.05) is 18.3 Å². The summed E-state index contributed by atoms with van der Waals surface area (Å²) in [6, 6.07) is 69.9. The van der Waals surface area contributed by atoms with Crippen LogP contribution in [0.3, 0.4) is 0 Å². The number of ether oxygens (including phenoxy) is 1. The second-order valence-electron chi connectivity index (χ2n) is 16.2. The molecule has 0 fully saturated rings. The summed E-state index contributed by atoms with van der Waals surface area (Å²) in [7, 11) is 2.09. The van der Waals surface area contributed by atoms with Crippen molar-refractivity contribution < 1.29 is 9.30 Å². The fraction of sp³-hybridized carbons (Fsp3) is 0.0357. The lowest BCUT2D eigenvalue weighted by Gasteiger charge is -2.40. The largest absolute Gasteiger partial charge is 0.458 e. The van der Waals surface area contributed by atoms with Crippen molar-refractivity contribution in [1.82, 2.24) is 14.1 Å². The molecule has 61 heavy (non-hydrogen) atoms. The molecular formula is C56H36N4O. The van der Waals surface area contributed by atoms with E-state index in [2.05, 4.69) is 209 Å². The lowest BCUT2D eigenvalue weighted by atomic mass is 9.65. The summed E-state index contributed by atoms with van der Waals surface area (Å²) in [6.07, 6.45) is 5.55. The SMILES string of the molecule is C[n+]1[c-]n2c3c(cccc31)C1(c3cc(-c4ccccc4)ccc3-c3ccc(-c4ccccc4)cc31)c1ccc(Oc3ccc4c5ccccc5n(-c5ccccn5)c4c3)cc1-2. The number of fused-ring (bicyclic) bond motifs is 12. The number of aromatic nitrogens is 4. The number of hydrogen-bond donors (Lipinski definition) is 0. The highest BCUT2D eigenvalue weighted by atomic mass is 16.5. The molecule has 8 aromatic carbocycles. The number of benzene rings is 8. The zero-order valence-corrected chi connectivity index (χ0v) is 33.2. The molecule has 1 aliphatic carbocycles. The predicted molar refractivity (Wildman–Crippen MR) is 244 cm³/mol. The van der Waals surface area contributed by atoms with Crippen molar-refractivity contribution in [2.75, 3.05) is 0 Å². The van der Waals surface area contributed by atoms with Crippen LogP contribution in [0.1, 0.15) is 22.3 Å². The molecule has 0 unspecified atom stereocenters. The van der Waals surface area contributed by atoms with Crippen molar-refractivity contribution in [1.29, 1.82) is 0 Å². The third kappa shape index (κ3) is 4.77. The lowest BCUT2D eigenvalue weighted by Crippen LogP contribution is -2.33. The Bertz CT molecular complexity index is 3480. The number of para-hydroxylation sites is 2. The van der Waals surface area contributed by atoms with Gasteiger partial charge in [0, 0.05) is 23.0 Å². The number of nitrogens with zero attached hydrogens (tertiary/aromatic N) is 4. The minimum atomic E-state index is -0.634. The van der Waals surface area contributed by atoms with E-state index >= 15 is 0 Å². The van der Waals surface area contributed by atoms with E-state index < -0.39 is 5.41 Å². The van der Waals surface area contributed by atoms with Gasteiger partial charge < -0.3 is 13.9 Å². The van der Waals surface area contributed by atoms with E-state index in [0.29, 0.717) is 0 Å². The van der Waals surface area contributed by atoms with Gasteiger partial charge in [0.05, 0.1) is 40.2 Å². The van der Waals surface area contributed by atoms with Crippen LogP contribution in [0.15, 0.2) is 200 Å². The Kier molecular flexibility index (Phi) is 7.08. The van der Waals surface area contributed by atoms with Crippen LogP contribution in [0.2, 0.25) is 0 Å².